The summed E-state index contributed by atoms with van der Waals surface area (Å²) in [5, 5.41) is 5.64. The number of rotatable bonds is 0. The second-order valence-corrected chi connectivity index (χ2v) is 19.1. The van der Waals surface area contributed by atoms with Gasteiger partial charge in [-0.3, -0.25) is 0 Å². The van der Waals surface area contributed by atoms with Gasteiger partial charge in [0.15, 0.2) is 0 Å². The monoisotopic (exact) mass is 662 g/mol. The van der Waals surface area contributed by atoms with Crippen molar-refractivity contribution in [2.45, 2.75) is 72.9 Å². The van der Waals surface area contributed by atoms with E-state index in [1.807, 2.05) is 0 Å². The molecule has 0 N–H and O–H groups in total. The van der Waals surface area contributed by atoms with Crippen molar-refractivity contribution in [1.82, 2.24) is 0 Å². The van der Waals surface area contributed by atoms with Gasteiger partial charge in [0, 0.05) is 0 Å². The van der Waals surface area contributed by atoms with Gasteiger partial charge in [0.05, 0.1) is 0 Å². The molecule has 0 unspecified atom stereocenters. The normalized spacial score (nSPS) is 12.8. The number of hydrogen-bond acceptors (Lipinski definition) is 0. The van der Waals surface area contributed by atoms with Crippen LogP contribution in [0.2, 0.25) is 12.1 Å². The van der Waals surface area contributed by atoms with Gasteiger partial charge in [-0.2, -0.15) is 12.1 Å². The van der Waals surface area contributed by atoms with Crippen molar-refractivity contribution in [1.29, 1.82) is 0 Å². The van der Waals surface area contributed by atoms with E-state index in [1.165, 1.54) is 61.3 Å². The molecule has 0 amide bonds. The minimum atomic E-state index is 0. The molecule has 4 heteroatoms. The zero-order valence-electron chi connectivity index (χ0n) is 20.9. The van der Waals surface area contributed by atoms with Crippen LogP contribution in [0.5, 0.6) is 0 Å². The molecule has 0 spiro atoms. The van der Waals surface area contributed by atoms with E-state index in [0.29, 0.717) is 5.49 Å². The number of halogens is 2. The Morgan fingerprint density at radius 3 is 1.27 bits per heavy atom. The molecule has 33 heavy (non-hydrogen) atoms. The third kappa shape index (κ3) is 8.20. The van der Waals surface area contributed by atoms with Crippen LogP contribution in [-0.2, 0) is 23.0 Å². The van der Waals surface area contributed by atoms with Crippen molar-refractivity contribution in [3.63, 3.8) is 0 Å². The number of hydrogen-bond donors (Lipinski definition) is 0. The van der Waals surface area contributed by atoms with E-state index in [1.54, 1.807) is 47.9 Å². The first-order chi connectivity index (χ1) is 14.8. The van der Waals surface area contributed by atoms with Crippen LogP contribution in [0.3, 0.4) is 0 Å². The first-order valence-electron chi connectivity index (χ1n) is 11.6. The Morgan fingerprint density at radius 2 is 0.970 bits per heavy atom. The first kappa shape index (κ1) is 30.4. The SMILES string of the molecule is Cc1cc2c(C)ccc(C)c2[cH-]1.Cc1cc2c(C)ccc(C)c2[cH-]1.[Cl-].[Cl-].[Hf+2]=[Si]1CCCCC1. The van der Waals surface area contributed by atoms with E-state index in [-0.39, 0.29) is 24.8 Å². The Bertz CT molecular complexity index is 1030. The molecule has 0 radical (unpaired) electrons. The van der Waals surface area contributed by atoms with E-state index in [9.17, 15) is 0 Å². The molecule has 0 saturated carbocycles. The van der Waals surface area contributed by atoms with Crippen LogP contribution < -0.4 is 24.8 Å². The van der Waals surface area contributed by atoms with Gasteiger partial charge in [0.25, 0.3) is 0 Å². The predicted molar refractivity (Wildman–Crippen MR) is 137 cm³/mol. The summed E-state index contributed by atoms with van der Waals surface area (Å²) in [6.07, 6.45) is 4.67. The van der Waals surface area contributed by atoms with E-state index in [4.69, 9.17) is 0 Å². The molecule has 1 heterocycles. The molecule has 176 valence electrons. The van der Waals surface area contributed by atoms with Crippen LogP contribution in [0, 0.1) is 41.5 Å². The zero-order chi connectivity index (χ0) is 22.5. The van der Waals surface area contributed by atoms with E-state index in [2.05, 4.69) is 90.1 Å². The molecule has 4 aromatic carbocycles. The fraction of sp³-hybridized carbons (Fsp3) is 0.379. The van der Waals surface area contributed by atoms with Crippen molar-refractivity contribution in [3.8, 4) is 0 Å². The van der Waals surface area contributed by atoms with Gasteiger partial charge in [0.2, 0.25) is 0 Å². The molecule has 1 aliphatic heterocycles. The van der Waals surface area contributed by atoms with Crippen molar-refractivity contribution < 1.29 is 47.8 Å². The molecule has 4 aromatic rings. The van der Waals surface area contributed by atoms with Crippen molar-refractivity contribution in [2.75, 3.05) is 0 Å². The summed E-state index contributed by atoms with van der Waals surface area (Å²) in [5.74, 6) is 0. The third-order valence-corrected chi connectivity index (χ3v) is 13.7. The summed E-state index contributed by atoms with van der Waals surface area (Å²) in [7, 11) is 0. The van der Waals surface area contributed by atoms with Gasteiger partial charge in [-0.25, -0.2) is 0 Å². The number of fused-ring (bicyclic) bond motifs is 2. The molecule has 1 aliphatic rings. The average molecular weight is 662 g/mol. The minimum absolute atomic E-state index is 0. The Kier molecular flexibility index (Phi) is 12.9. The average Bonchev–Trinajstić information content (AvgIpc) is 3.34. The maximum atomic E-state index is 2.26. The maximum absolute atomic E-state index is 2.26. The second kappa shape index (κ2) is 14.0. The molecule has 0 nitrogen and oxygen atoms in total. The van der Waals surface area contributed by atoms with Gasteiger partial charge in [0.1, 0.15) is 0 Å². The number of aryl methyl sites for hydroxylation is 6. The molecule has 5 rings (SSSR count). The van der Waals surface area contributed by atoms with Crippen LogP contribution >= 0.6 is 0 Å². The Morgan fingerprint density at radius 1 is 0.606 bits per heavy atom. The van der Waals surface area contributed by atoms with E-state index >= 15 is 0 Å². The van der Waals surface area contributed by atoms with Gasteiger partial charge in [-0.1, -0.05) is 51.0 Å². The van der Waals surface area contributed by atoms with Crippen molar-refractivity contribution in [3.05, 3.63) is 81.9 Å². The van der Waals surface area contributed by atoms with Crippen LogP contribution in [0.4, 0.5) is 0 Å². The molecular formula is C29H36Cl2HfSi-2. The molecule has 0 atom stereocenters. The Labute approximate surface area is 228 Å². The van der Waals surface area contributed by atoms with Crippen LogP contribution in [0.15, 0.2) is 48.5 Å². The quantitative estimate of drug-likeness (QED) is 0.201. The summed E-state index contributed by atoms with van der Waals surface area (Å²) < 4.78 is 0. The molecule has 1 saturated heterocycles. The number of benzene rings is 2. The fourth-order valence-corrected chi connectivity index (χ4v) is 9.86. The third-order valence-electron chi connectivity index (χ3n) is 6.39. The second-order valence-electron chi connectivity index (χ2n) is 9.28. The van der Waals surface area contributed by atoms with Crippen molar-refractivity contribution in [2.24, 2.45) is 0 Å². The molecular weight excluding hydrogens is 626 g/mol. The molecule has 0 bridgehead atoms. The van der Waals surface area contributed by atoms with Gasteiger partial charge < -0.3 is 24.8 Å². The van der Waals surface area contributed by atoms with E-state index in [0.717, 1.165) is 0 Å². The van der Waals surface area contributed by atoms with E-state index < -0.39 is 0 Å². The summed E-state index contributed by atoms with van der Waals surface area (Å²) in [4.78, 5) is 0. The summed E-state index contributed by atoms with van der Waals surface area (Å²) in [5.41, 5.74) is 8.59. The fourth-order valence-electron chi connectivity index (χ4n) is 4.45. The van der Waals surface area contributed by atoms with Gasteiger partial charge in [-0.15, -0.1) is 68.1 Å². The molecule has 1 fully saturated rings. The van der Waals surface area contributed by atoms with Crippen molar-refractivity contribution >= 4 is 27.0 Å². The zero-order valence-corrected chi connectivity index (χ0v) is 27.0. The van der Waals surface area contributed by atoms with Crippen LogP contribution in [0.1, 0.15) is 52.6 Å². The first-order valence-corrected chi connectivity index (χ1v) is 18.9. The molecule has 0 aromatic heterocycles. The predicted octanol–water partition coefficient (Wildman–Crippen LogP) is 2.68. The van der Waals surface area contributed by atoms with Gasteiger partial charge in [-0.05, 0) is 13.8 Å². The summed E-state index contributed by atoms with van der Waals surface area (Å²) >= 11 is 1.55. The Balaban J connectivity index is 0.000000249. The Hall–Kier alpha value is -0.673. The standard InChI is InChI=1S/2C12H13.C5H10Si.2ClH.Hf/c2*1-8-6-11-9(2)4-5-10(3)12(11)7-8;1-2-4-6-5-3-1;;;/h2*4-7H,1-3H3;1-5H2;2*1H;/q2*-1;;;;+2/p-2. The summed E-state index contributed by atoms with van der Waals surface area (Å²) in [6, 6.07) is 21.1. The van der Waals surface area contributed by atoms with Gasteiger partial charge >= 0.3 is 59.8 Å². The van der Waals surface area contributed by atoms with Crippen LogP contribution in [0.25, 0.3) is 21.5 Å². The summed E-state index contributed by atoms with van der Waals surface area (Å²) in [6.45, 7) is 13.0. The molecule has 0 aliphatic carbocycles. The van der Waals surface area contributed by atoms with Crippen LogP contribution in [-0.4, -0.2) is 5.49 Å². The topological polar surface area (TPSA) is 0 Å².